The van der Waals surface area contributed by atoms with Crippen molar-refractivity contribution in [2.75, 3.05) is 13.2 Å². The van der Waals surface area contributed by atoms with Gasteiger partial charge in [-0.05, 0) is 5.56 Å². The Hall–Kier alpha value is -2.18. The first-order valence-electron chi connectivity index (χ1n) is 5.62. The van der Waals surface area contributed by atoms with E-state index in [1.165, 1.54) is 23.2 Å². The summed E-state index contributed by atoms with van der Waals surface area (Å²) in [6.45, 7) is -0.333. The molecule has 1 N–H and O–H groups in total. The number of rotatable bonds is 5. The average Bonchev–Trinajstić information content (AvgIpc) is 2.77. The highest BCUT2D eigenvalue weighted by molar-refractivity contribution is 5.85. The Morgan fingerprint density at radius 2 is 2.16 bits per heavy atom. The van der Waals surface area contributed by atoms with Gasteiger partial charge in [-0.1, -0.05) is 6.07 Å². The predicted octanol–water partition coefficient (Wildman–Crippen LogP) is 0.883. The molecule has 0 saturated carbocycles. The van der Waals surface area contributed by atoms with E-state index in [9.17, 15) is 18.4 Å². The summed E-state index contributed by atoms with van der Waals surface area (Å²) < 4.78 is 29.8. The van der Waals surface area contributed by atoms with Crippen LogP contribution in [0.2, 0.25) is 0 Å². The number of halogens is 2. The lowest BCUT2D eigenvalue weighted by atomic mass is 10.2. The first kappa shape index (κ1) is 13.3. The maximum Gasteiger partial charge on any atom is 0.333 e. The van der Waals surface area contributed by atoms with Crippen molar-refractivity contribution in [3.8, 4) is 0 Å². The summed E-state index contributed by atoms with van der Waals surface area (Å²) in [5, 5.41) is 0. The van der Waals surface area contributed by atoms with Gasteiger partial charge in [0, 0.05) is 24.9 Å². The summed E-state index contributed by atoms with van der Waals surface area (Å²) in [5.41, 5.74) is 0.819. The van der Waals surface area contributed by atoms with E-state index in [4.69, 9.17) is 4.74 Å². The number of aromatic amines is 1. The number of pyridine rings is 1. The molecule has 0 bridgehead atoms. The molecule has 1 aromatic rings. The number of hydrogen-bond acceptors (Lipinski definition) is 4. The van der Waals surface area contributed by atoms with Gasteiger partial charge in [0.25, 0.3) is 6.43 Å². The molecule has 0 aromatic carbocycles. The third-order valence-electron chi connectivity index (χ3n) is 2.63. The van der Waals surface area contributed by atoms with Crippen LogP contribution < -0.4 is 5.56 Å². The minimum atomic E-state index is -2.53. The fourth-order valence-corrected chi connectivity index (χ4v) is 1.76. The number of esters is 1. The topological polar surface area (TPSA) is 62.4 Å². The average molecular weight is 270 g/mol. The van der Waals surface area contributed by atoms with E-state index < -0.39 is 18.9 Å². The smallest absolute Gasteiger partial charge is 0.333 e. The Morgan fingerprint density at radius 3 is 2.68 bits per heavy atom. The molecular weight excluding hydrogens is 258 g/mol. The standard InChI is InChI=1S/C12H12F2N2O3/c13-10(14)6-16(9-3-12(18)19-7-9)5-8-1-2-11(17)15-4-8/h1-4,10H,5-7H2,(H,15,17). The zero-order valence-electron chi connectivity index (χ0n) is 9.94. The lowest BCUT2D eigenvalue weighted by Crippen LogP contribution is -2.29. The van der Waals surface area contributed by atoms with Gasteiger partial charge in [-0.3, -0.25) is 4.79 Å². The number of alkyl halides is 2. The molecule has 5 nitrogen and oxygen atoms in total. The van der Waals surface area contributed by atoms with Crippen LogP contribution in [0.4, 0.5) is 8.78 Å². The summed E-state index contributed by atoms with van der Waals surface area (Å²) in [6.07, 6.45) is 0.131. The second-order valence-corrected chi connectivity index (χ2v) is 4.08. The number of hydrogen-bond donors (Lipinski definition) is 1. The molecule has 2 heterocycles. The highest BCUT2D eigenvalue weighted by atomic mass is 19.3. The fraction of sp³-hybridized carbons (Fsp3) is 0.333. The summed E-state index contributed by atoms with van der Waals surface area (Å²) in [7, 11) is 0. The fourth-order valence-electron chi connectivity index (χ4n) is 1.76. The SMILES string of the molecule is O=C1C=C(N(Cc2ccc(=O)[nH]c2)CC(F)F)CO1. The van der Waals surface area contributed by atoms with E-state index in [0.717, 1.165) is 0 Å². The Kier molecular flexibility index (Phi) is 3.94. The van der Waals surface area contributed by atoms with Crippen LogP contribution in [-0.2, 0) is 16.1 Å². The van der Waals surface area contributed by atoms with Gasteiger partial charge < -0.3 is 14.6 Å². The second-order valence-electron chi connectivity index (χ2n) is 4.08. The third-order valence-corrected chi connectivity index (χ3v) is 2.63. The normalized spacial score (nSPS) is 14.5. The summed E-state index contributed by atoms with van der Waals surface area (Å²) in [6, 6.07) is 2.87. The van der Waals surface area contributed by atoms with Gasteiger partial charge >= 0.3 is 5.97 Å². The second kappa shape index (κ2) is 5.64. The van der Waals surface area contributed by atoms with Crippen LogP contribution in [0.1, 0.15) is 5.56 Å². The van der Waals surface area contributed by atoms with Gasteiger partial charge in [-0.2, -0.15) is 0 Å². The quantitative estimate of drug-likeness (QED) is 0.807. The molecule has 19 heavy (non-hydrogen) atoms. The molecule has 1 aromatic heterocycles. The molecule has 7 heteroatoms. The Bertz CT molecular complexity index is 534. The predicted molar refractivity (Wildman–Crippen MR) is 62.5 cm³/mol. The van der Waals surface area contributed by atoms with Crippen molar-refractivity contribution in [1.82, 2.24) is 9.88 Å². The molecular formula is C12H12F2N2O3. The maximum atomic E-state index is 12.5. The van der Waals surface area contributed by atoms with Crippen molar-refractivity contribution < 1.29 is 18.3 Å². The van der Waals surface area contributed by atoms with Crippen molar-refractivity contribution in [2.45, 2.75) is 13.0 Å². The number of H-pyrrole nitrogens is 1. The van der Waals surface area contributed by atoms with Gasteiger partial charge in [0.2, 0.25) is 5.56 Å². The van der Waals surface area contributed by atoms with Crippen LogP contribution in [0.3, 0.4) is 0 Å². The van der Waals surface area contributed by atoms with Crippen molar-refractivity contribution in [3.05, 3.63) is 46.0 Å². The molecule has 0 aliphatic carbocycles. The molecule has 0 amide bonds. The Balaban J connectivity index is 2.14. The number of nitrogens with one attached hydrogen (secondary N) is 1. The van der Waals surface area contributed by atoms with Gasteiger partial charge in [0.1, 0.15) is 6.61 Å². The molecule has 2 rings (SSSR count). The molecule has 102 valence electrons. The number of carbonyl (C=O) groups is 1. The molecule has 0 radical (unpaired) electrons. The maximum absolute atomic E-state index is 12.5. The largest absolute Gasteiger partial charge is 0.456 e. The minimum Gasteiger partial charge on any atom is -0.456 e. The number of nitrogens with zero attached hydrogens (tertiary/aromatic N) is 1. The van der Waals surface area contributed by atoms with E-state index in [-0.39, 0.29) is 18.7 Å². The molecule has 0 fully saturated rings. The van der Waals surface area contributed by atoms with Gasteiger partial charge in [0.15, 0.2) is 0 Å². The van der Waals surface area contributed by atoms with E-state index >= 15 is 0 Å². The first-order valence-corrected chi connectivity index (χ1v) is 5.62. The molecule has 1 aliphatic rings. The number of carbonyl (C=O) groups excluding carboxylic acids is 1. The van der Waals surface area contributed by atoms with Gasteiger partial charge in [-0.15, -0.1) is 0 Å². The Labute approximate surface area is 107 Å². The molecule has 0 spiro atoms. The minimum absolute atomic E-state index is 0.00505. The van der Waals surface area contributed by atoms with Crippen LogP contribution in [0.25, 0.3) is 0 Å². The lowest BCUT2D eigenvalue weighted by Gasteiger charge is -2.24. The van der Waals surface area contributed by atoms with Crippen LogP contribution in [-0.4, -0.2) is 35.4 Å². The highest BCUT2D eigenvalue weighted by Crippen LogP contribution is 2.16. The lowest BCUT2D eigenvalue weighted by molar-refractivity contribution is -0.135. The van der Waals surface area contributed by atoms with E-state index in [1.54, 1.807) is 6.07 Å². The molecule has 0 unspecified atom stereocenters. The van der Waals surface area contributed by atoms with Crippen LogP contribution >= 0.6 is 0 Å². The number of aromatic nitrogens is 1. The first-order chi connectivity index (χ1) is 9.04. The summed E-state index contributed by atoms with van der Waals surface area (Å²) in [4.78, 5) is 25.7. The van der Waals surface area contributed by atoms with Crippen molar-refractivity contribution in [2.24, 2.45) is 0 Å². The Morgan fingerprint density at radius 1 is 1.37 bits per heavy atom. The highest BCUT2D eigenvalue weighted by Gasteiger charge is 2.22. The van der Waals surface area contributed by atoms with Crippen LogP contribution in [0.5, 0.6) is 0 Å². The molecule has 1 aliphatic heterocycles. The van der Waals surface area contributed by atoms with Crippen molar-refractivity contribution >= 4 is 5.97 Å². The third kappa shape index (κ3) is 3.64. The number of ether oxygens (including phenoxy) is 1. The molecule has 0 atom stereocenters. The zero-order valence-corrected chi connectivity index (χ0v) is 9.94. The van der Waals surface area contributed by atoms with Gasteiger partial charge in [-0.25, -0.2) is 13.6 Å². The summed E-state index contributed by atoms with van der Waals surface area (Å²) in [5.74, 6) is -0.532. The zero-order chi connectivity index (χ0) is 13.8. The number of cyclic esters (lactones) is 1. The van der Waals surface area contributed by atoms with E-state index in [2.05, 4.69) is 4.98 Å². The van der Waals surface area contributed by atoms with Gasteiger partial charge in [0.05, 0.1) is 12.2 Å². The van der Waals surface area contributed by atoms with Crippen LogP contribution in [0, 0.1) is 0 Å². The monoisotopic (exact) mass is 270 g/mol. The van der Waals surface area contributed by atoms with E-state index in [1.807, 2.05) is 0 Å². The van der Waals surface area contributed by atoms with Crippen LogP contribution in [0.15, 0.2) is 34.9 Å². The van der Waals surface area contributed by atoms with Crippen molar-refractivity contribution in [1.29, 1.82) is 0 Å². The molecule has 0 saturated heterocycles. The van der Waals surface area contributed by atoms with Crippen molar-refractivity contribution in [3.63, 3.8) is 0 Å². The summed E-state index contributed by atoms with van der Waals surface area (Å²) >= 11 is 0. The van der Waals surface area contributed by atoms with E-state index in [0.29, 0.717) is 11.3 Å².